The van der Waals surface area contributed by atoms with Gasteiger partial charge in [0.15, 0.2) is 0 Å². The maximum atomic E-state index is 12.4. The number of hydrazone groups is 1. The standard InChI is InChI=1S/C27H23ClN4O6/c1-17(2)26(34)30-22-10-6-19(7-11-22)27(35)31-29-16-20-15-23(32(36)37)12-13-24(20)38-25(33)14-5-18-3-8-21(28)9-4-18/h3-17H,1-2H3,(H,30,34)(H,31,35)/b14-5+,29-16+. The van der Waals surface area contributed by atoms with Crippen LogP contribution >= 0.6 is 11.6 Å². The summed E-state index contributed by atoms with van der Waals surface area (Å²) in [4.78, 5) is 47.1. The molecule has 0 bridgehead atoms. The van der Waals surface area contributed by atoms with Crippen LogP contribution in [0.25, 0.3) is 6.08 Å². The predicted molar refractivity (Wildman–Crippen MR) is 144 cm³/mol. The zero-order chi connectivity index (χ0) is 27.7. The number of nitrogens with one attached hydrogen (secondary N) is 2. The summed E-state index contributed by atoms with van der Waals surface area (Å²) in [7, 11) is 0. The van der Waals surface area contributed by atoms with E-state index in [-0.39, 0.29) is 34.4 Å². The maximum absolute atomic E-state index is 12.4. The molecule has 3 rings (SSSR count). The van der Waals surface area contributed by atoms with Crippen LogP contribution in [0.2, 0.25) is 5.02 Å². The van der Waals surface area contributed by atoms with E-state index in [9.17, 15) is 24.5 Å². The fraction of sp³-hybridized carbons (Fsp3) is 0.111. The molecule has 11 heteroatoms. The van der Waals surface area contributed by atoms with Gasteiger partial charge < -0.3 is 10.1 Å². The minimum absolute atomic E-state index is 0.00426. The lowest BCUT2D eigenvalue weighted by Crippen LogP contribution is -2.19. The highest BCUT2D eigenvalue weighted by atomic mass is 35.5. The van der Waals surface area contributed by atoms with Crippen molar-refractivity contribution < 1.29 is 24.0 Å². The summed E-state index contributed by atoms with van der Waals surface area (Å²) in [6, 6.07) is 16.6. The van der Waals surface area contributed by atoms with Crippen LogP contribution in [0.15, 0.2) is 77.9 Å². The highest BCUT2D eigenvalue weighted by molar-refractivity contribution is 6.30. The van der Waals surface area contributed by atoms with Crippen molar-refractivity contribution in [3.8, 4) is 5.75 Å². The number of hydrogen-bond acceptors (Lipinski definition) is 7. The van der Waals surface area contributed by atoms with Crippen LogP contribution in [-0.4, -0.2) is 28.9 Å². The molecular formula is C27H23ClN4O6. The molecule has 2 amide bonds. The van der Waals surface area contributed by atoms with Crippen LogP contribution in [0.4, 0.5) is 11.4 Å². The molecule has 0 aromatic heterocycles. The average Bonchev–Trinajstić information content (AvgIpc) is 2.89. The molecule has 0 radical (unpaired) electrons. The number of nitro benzene ring substituents is 1. The first kappa shape index (κ1) is 27.8. The summed E-state index contributed by atoms with van der Waals surface area (Å²) in [6.45, 7) is 3.53. The normalized spacial score (nSPS) is 11.1. The summed E-state index contributed by atoms with van der Waals surface area (Å²) in [6.07, 6.45) is 3.85. The maximum Gasteiger partial charge on any atom is 0.336 e. The number of esters is 1. The van der Waals surface area contributed by atoms with E-state index in [1.54, 1.807) is 50.2 Å². The number of hydrogen-bond donors (Lipinski definition) is 2. The number of nitro groups is 1. The Kier molecular flexibility index (Phi) is 9.44. The molecule has 194 valence electrons. The monoisotopic (exact) mass is 534 g/mol. The van der Waals surface area contributed by atoms with Crippen LogP contribution in [-0.2, 0) is 9.59 Å². The number of non-ortho nitro benzene ring substituents is 1. The van der Waals surface area contributed by atoms with Crippen LogP contribution in [0.3, 0.4) is 0 Å². The van der Waals surface area contributed by atoms with Gasteiger partial charge >= 0.3 is 5.97 Å². The van der Waals surface area contributed by atoms with Crippen molar-refractivity contribution in [3.05, 3.63) is 105 Å². The van der Waals surface area contributed by atoms with Crippen molar-refractivity contribution in [1.82, 2.24) is 5.43 Å². The lowest BCUT2D eigenvalue weighted by Gasteiger charge is -2.08. The molecule has 0 spiro atoms. The van der Waals surface area contributed by atoms with Gasteiger partial charge in [-0.2, -0.15) is 5.10 Å². The van der Waals surface area contributed by atoms with Gasteiger partial charge in [0.1, 0.15) is 5.75 Å². The lowest BCUT2D eigenvalue weighted by molar-refractivity contribution is -0.384. The van der Waals surface area contributed by atoms with Crippen LogP contribution < -0.4 is 15.5 Å². The summed E-state index contributed by atoms with van der Waals surface area (Å²) >= 11 is 5.85. The second-order valence-corrected chi connectivity index (χ2v) is 8.64. The largest absolute Gasteiger partial charge is 0.423 e. The van der Waals surface area contributed by atoms with E-state index in [0.717, 1.165) is 17.8 Å². The Morgan fingerprint density at radius 1 is 1.03 bits per heavy atom. The molecule has 0 aliphatic heterocycles. The first-order valence-corrected chi connectivity index (χ1v) is 11.7. The Morgan fingerprint density at radius 2 is 1.71 bits per heavy atom. The SMILES string of the molecule is CC(C)C(=O)Nc1ccc(C(=O)N/N=C/c2cc([N+](=O)[O-])ccc2OC(=O)/C=C/c2ccc(Cl)cc2)cc1. The summed E-state index contributed by atoms with van der Waals surface area (Å²) < 4.78 is 5.32. The number of benzene rings is 3. The van der Waals surface area contributed by atoms with E-state index in [1.165, 1.54) is 36.4 Å². The van der Waals surface area contributed by atoms with Gasteiger partial charge in [-0.05, 0) is 54.1 Å². The third kappa shape index (κ3) is 8.10. The third-order valence-electron chi connectivity index (χ3n) is 5.01. The van der Waals surface area contributed by atoms with Crippen molar-refractivity contribution in [3.63, 3.8) is 0 Å². The zero-order valence-corrected chi connectivity index (χ0v) is 21.1. The zero-order valence-electron chi connectivity index (χ0n) is 20.4. The number of nitrogens with zero attached hydrogens (tertiary/aromatic N) is 2. The smallest absolute Gasteiger partial charge is 0.336 e. The van der Waals surface area contributed by atoms with Crippen molar-refractivity contribution in [2.45, 2.75) is 13.8 Å². The van der Waals surface area contributed by atoms with Crippen molar-refractivity contribution in [2.24, 2.45) is 11.0 Å². The Morgan fingerprint density at radius 3 is 2.34 bits per heavy atom. The van der Waals surface area contributed by atoms with Gasteiger partial charge in [-0.3, -0.25) is 19.7 Å². The van der Waals surface area contributed by atoms with Gasteiger partial charge in [-0.25, -0.2) is 10.2 Å². The van der Waals surface area contributed by atoms with Gasteiger partial charge in [0, 0.05) is 46.0 Å². The van der Waals surface area contributed by atoms with E-state index in [4.69, 9.17) is 16.3 Å². The van der Waals surface area contributed by atoms with Gasteiger partial charge in [0.25, 0.3) is 11.6 Å². The fourth-order valence-electron chi connectivity index (χ4n) is 2.94. The van der Waals surface area contributed by atoms with Gasteiger partial charge in [-0.15, -0.1) is 0 Å². The Labute approximate surface area is 223 Å². The summed E-state index contributed by atoms with van der Waals surface area (Å²) in [5, 5.41) is 18.3. The van der Waals surface area contributed by atoms with E-state index in [1.807, 2.05) is 0 Å². The predicted octanol–water partition coefficient (Wildman–Crippen LogP) is 5.23. The topological polar surface area (TPSA) is 140 Å². The molecule has 0 atom stereocenters. The molecule has 0 saturated heterocycles. The molecule has 0 unspecified atom stereocenters. The lowest BCUT2D eigenvalue weighted by atomic mass is 10.1. The van der Waals surface area contributed by atoms with E-state index < -0.39 is 16.8 Å². The van der Waals surface area contributed by atoms with Crippen LogP contribution in [0.1, 0.15) is 35.3 Å². The highest BCUT2D eigenvalue weighted by Crippen LogP contribution is 2.23. The Hall–Kier alpha value is -4.83. The highest BCUT2D eigenvalue weighted by Gasteiger charge is 2.13. The minimum Gasteiger partial charge on any atom is -0.423 e. The quantitative estimate of drug-likeness (QED) is 0.0962. The number of ether oxygens (including phenoxy) is 1. The number of halogens is 1. The van der Waals surface area contributed by atoms with E-state index >= 15 is 0 Å². The fourth-order valence-corrected chi connectivity index (χ4v) is 3.07. The molecule has 0 aliphatic carbocycles. The Bertz CT molecular complexity index is 1400. The molecule has 3 aromatic carbocycles. The van der Waals surface area contributed by atoms with Gasteiger partial charge in [-0.1, -0.05) is 37.6 Å². The molecule has 10 nitrogen and oxygen atoms in total. The second kappa shape index (κ2) is 12.9. The minimum atomic E-state index is -0.725. The third-order valence-corrected chi connectivity index (χ3v) is 5.26. The molecule has 38 heavy (non-hydrogen) atoms. The molecule has 2 N–H and O–H groups in total. The molecule has 3 aromatic rings. The molecule has 0 fully saturated rings. The number of carbonyl (C=O) groups is 3. The summed E-state index contributed by atoms with van der Waals surface area (Å²) in [5.74, 6) is -1.62. The van der Waals surface area contributed by atoms with E-state index in [2.05, 4.69) is 15.8 Å². The number of carbonyl (C=O) groups excluding carboxylic acids is 3. The second-order valence-electron chi connectivity index (χ2n) is 8.21. The van der Waals surface area contributed by atoms with Gasteiger partial charge in [0.2, 0.25) is 5.91 Å². The van der Waals surface area contributed by atoms with Crippen molar-refractivity contribution >= 4 is 53.0 Å². The number of anilines is 1. The van der Waals surface area contributed by atoms with Crippen molar-refractivity contribution in [1.29, 1.82) is 0 Å². The van der Waals surface area contributed by atoms with E-state index in [0.29, 0.717) is 10.7 Å². The molecule has 0 aliphatic rings. The average molecular weight is 535 g/mol. The first-order chi connectivity index (χ1) is 18.1. The van der Waals surface area contributed by atoms with Crippen LogP contribution in [0, 0.1) is 16.0 Å². The molecule has 0 saturated carbocycles. The molecule has 0 heterocycles. The first-order valence-electron chi connectivity index (χ1n) is 11.3. The number of amides is 2. The molecular weight excluding hydrogens is 512 g/mol. The van der Waals surface area contributed by atoms with Crippen molar-refractivity contribution in [2.75, 3.05) is 5.32 Å². The number of rotatable bonds is 9. The van der Waals surface area contributed by atoms with Crippen LogP contribution in [0.5, 0.6) is 5.75 Å². The van der Waals surface area contributed by atoms with Gasteiger partial charge in [0.05, 0.1) is 11.1 Å². The Balaban J connectivity index is 1.69. The summed E-state index contributed by atoms with van der Waals surface area (Å²) in [5.41, 5.74) is 3.68.